The summed E-state index contributed by atoms with van der Waals surface area (Å²) < 4.78 is 34.0. The average Bonchev–Trinajstić information content (AvgIpc) is 2.84. The molecular formula is C24H30N4O5S2. The van der Waals surface area contributed by atoms with E-state index in [2.05, 4.69) is 10.3 Å². The van der Waals surface area contributed by atoms with Gasteiger partial charge in [-0.3, -0.25) is 14.2 Å². The van der Waals surface area contributed by atoms with Crippen LogP contribution in [0.4, 0.5) is 5.69 Å². The third kappa shape index (κ3) is 6.10. The normalized spacial score (nSPS) is 11.8. The second-order valence-electron chi connectivity index (χ2n) is 7.77. The second kappa shape index (κ2) is 11.8. The summed E-state index contributed by atoms with van der Waals surface area (Å²) in [5, 5.41) is 3.67. The van der Waals surface area contributed by atoms with Crippen molar-refractivity contribution in [3.63, 3.8) is 0 Å². The lowest BCUT2D eigenvalue weighted by atomic mass is 10.2. The highest BCUT2D eigenvalue weighted by Crippen LogP contribution is 2.24. The zero-order valence-corrected chi connectivity index (χ0v) is 21.9. The Kier molecular flexibility index (Phi) is 9.06. The average molecular weight is 519 g/mol. The predicted octanol–water partition coefficient (Wildman–Crippen LogP) is 3.11. The van der Waals surface area contributed by atoms with E-state index in [1.807, 2.05) is 0 Å². The van der Waals surface area contributed by atoms with Crippen molar-refractivity contribution < 1.29 is 17.9 Å². The van der Waals surface area contributed by atoms with Crippen molar-refractivity contribution in [2.75, 3.05) is 37.9 Å². The molecule has 1 heterocycles. The Morgan fingerprint density at radius 3 is 2.57 bits per heavy atom. The van der Waals surface area contributed by atoms with Gasteiger partial charge in [0.2, 0.25) is 15.9 Å². The molecule has 1 N–H and O–H groups in total. The number of carbonyl (C=O) groups excluding carboxylic acids is 1. The third-order valence-corrected chi connectivity index (χ3v) is 8.64. The Morgan fingerprint density at radius 1 is 1.17 bits per heavy atom. The van der Waals surface area contributed by atoms with E-state index >= 15 is 0 Å². The number of carbonyl (C=O) groups is 1. The minimum Gasteiger partial charge on any atom is -0.383 e. The summed E-state index contributed by atoms with van der Waals surface area (Å²) in [4.78, 5) is 30.4. The fraction of sp³-hybridized carbons (Fsp3) is 0.375. The summed E-state index contributed by atoms with van der Waals surface area (Å²) in [7, 11) is -2.12. The molecule has 0 fully saturated rings. The Balaban J connectivity index is 1.81. The monoisotopic (exact) mass is 518 g/mol. The molecule has 0 unspecified atom stereocenters. The van der Waals surface area contributed by atoms with E-state index in [-0.39, 0.29) is 22.1 Å². The van der Waals surface area contributed by atoms with Gasteiger partial charge in [0.25, 0.3) is 5.56 Å². The van der Waals surface area contributed by atoms with Crippen LogP contribution in [0, 0.1) is 6.92 Å². The van der Waals surface area contributed by atoms with Crippen LogP contribution < -0.4 is 10.9 Å². The quantitative estimate of drug-likeness (QED) is 0.307. The number of fused-ring (bicyclic) bond motifs is 1. The van der Waals surface area contributed by atoms with Crippen LogP contribution in [0.15, 0.2) is 57.3 Å². The smallest absolute Gasteiger partial charge is 0.262 e. The molecular weight excluding hydrogens is 488 g/mol. The number of para-hydroxylation sites is 1. The Hall–Kier alpha value is -2.73. The van der Waals surface area contributed by atoms with Gasteiger partial charge in [-0.25, -0.2) is 13.4 Å². The summed E-state index contributed by atoms with van der Waals surface area (Å²) in [5.74, 6) is -0.352. The Labute approximate surface area is 209 Å². The van der Waals surface area contributed by atoms with Crippen molar-refractivity contribution in [3.8, 4) is 0 Å². The molecule has 9 nitrogen and oxygen atoms in total. The van der Waals surface area contributed by atoms with E-state index in [0.717, 1.165) is 11.8 Å². The van der Waals surface area contributed by atoms with Crippen LogP contribution in [0.2, 0.25) is 0 Å². The molecule has 0 aliphatic carbocycles. The molecule has 1 amide bonds. The number of anilines is 1. The minimum atomic E-state index is -3.67. The van der Waals surface area contributed by atoms with Crippen LogP contribution >= 0.6 is 11.8 Å². The summed E-state index contributed by atoms with van der Waals surface area (Å²) in [6.07, 6.45) is 0. The standard InChI is InChI=1S/C24H30N4O5S2/c1-5-27(6-2)35(31,32)21-15-18(12-11-17(21)3)25-22(29)16-34-24-26-20-10-8-7-9-19(20)23(30)28(24)13-14-33-4/h7-12,15H,5-6,13-14,16H2,1-4H3,(H,25,29). The van der Waals surface area contributed by atoms with Crippen LogP contribution in [-0.2, 0) is 26.1 Å². The molecule has 1 aromatic heterocycles. The molecule has 3 rings (SSSR count). The van der Waals surface area contributed by atoms with Gasteiger partial charge in [0.05, 0.1) is 34.7 Å². The maximum atomic E-state index is 13.0. The van der Waals surface area contributed by atoms with Crippen LogP contribution in [0.1, 0.15) is 19.4 Å². The molecule has 35 heavy (non-hydrogen) atoms. The molecule has 0 bridgehead atoms. The van der Waals surface area contributed by atoms with E-state index in [4.69, 9.17) is 4.74 Å². The fourth-order valence-corrected chi connectivity index (χ4v) is 6.16. The number of nitrogens with one attached hydrogen (secondary N) is 1. The molecule has 3 aromatic rings. The number of benzene rings is 2. The van der Waals surface area contributed by atoms with E-state index in [0.29, 0.717) is 53.6 Å². The number of amides is 1. The molecule has 0 saturated carbocycles. The largest absolute Gasteiger partial charge is 0.383 e. The predicted molar refractivity (Wildman–Crippen MR) is 139 cm³/mol. The molecule has 0 atom stereocenters. The first-order valence-electron chi connectivity index (χ1n) is 11.2. The molecule has 0 spiro atoms. The zero-order valence-electron chi connectivity index (χ0n) is 20.3. The molecule has 0 radical (unpaired) electrons. The summed E-state index contributed by atoms with van der Waals surface area (Å²) in [6, 6.07) is 11.9. The van der Waals surface area contributed by atoms with Crippen molar-refractivity contribution in [2.45, 2.75) is 37.4 Å². The summed E-state index contributed by atoms with van der Waals surface area (Å²) in [6.45, 7) is 6.64. The Bertz CT molecular complexity index is 1370. The highest BCUT2D eigenvalue weighted by atomic mass is 32.2. The van der Waals surface area contributed by atoms with Gasteiger partial charge in [-0.1, -0.05) is 43.8 Å². The zero-order chi connectivity index (χ0) is 25.6. The van der Waals surface area contributed by atoms with E-state index in [1.54, 1.807) is 64.3 Å². The highest BCUT2D eigenvalue weighted by Gasteiger charge is 2.24. The van der Waals surface area contributed by atoms with Gasteiger partial charge >= 0.3 is 0 Å². The maximum Gasteiger partial charge on any atom is 0.262 e. The lowest BCUT2D eigenvalue weighted by Crippen LogP contribution is -2.31. The van der Waals surface area contributed by atoms with Gasteiger partial charge in [-0.15, -0.1) is 0 Å². The number of aromatic nitrogens is 2. The van der Waals surface area contributed by atoms with Gasteiger partial charge < -0.3 is 10.1 Å². The molecule has 0 saturated heterocycles. The number of hydrogen-bond donors (Lipinski definition) is 1. The second-order valence-corrected chi connectivity index (χ2v) is 10.6. The number of nitrogens with zero attached hydrogens (tertiary/aromatic N) is 3. The van der Waals surface area contributed by atoms with Crippen LogP contribution in [0.3, 0.4) is 0 Å². The van der Waals surface area contributed by atoms with Gasteiger partial charge in [0.15, 0.2) is 5.16 Å². The first-order valence-corrected chi connectivity index (χ1v) is 13.7. The first-order chi connectivity index (χ1) is 16.7. The van der Waals surface area contributed by atoms with Crippen LogP contribution in [0.5, 0.6) is 0 Å². The number of rotatable bonds is 11. The fourth-order valence-electron chi connectivity index (χ4n) is 3.62. The number of thioether (sulfide) groups is 1. The number of hydrogen-bond acceptors (Lipinski definition) is 7. The van der Waals surface area contributed by atoms with Gasteiger partial charge in [0.1, 0.15) is 0 Å². The van der Waals surface area contributed by atoms with Gasteiger partial charge in [-0.2, -0.15) is 4.31 Å². The van der Waals surface area contributed by atoms with E-state index in [9.17, 15) is 18.0 Å². The number of methoxy groups -OCH3 is 1. The van der Waals surface area contributed by atoms with Crippen LogP contribution in [-0.4, -0.2) is 60.7 Å². The van der Waals surface area contributed by atoms with Gasteiger partial charge in [-0.05, 0) is 36.8 Å². The highest BCUT2D eigenvalue weighted by molar-refractivity contribution is 7.99. The van der Waals surface area contributed by atoms with Crippen molar-refractivity contribution in [1.29, 1.82) is 0 Å². The summed E-state index contributed by atoms with van der Waals surface area (Å²) >= 11 is 1.14. The maximum absolute atomic E-state index is 13.0. The third-order valence-electron chi connectivity index (χ3n) is 5.47. The number of sulfonamides is 1. The first kappa shape index (κ1) is 26.9. The van der Waals surface area contributed by atoms with E-state index < -0.39 is 10.0 Å². The SMILES string of the molecule is CCN(CC)S(=O)(=O)c1cc(NC(=O)CSc2nc3ccccc3c(=O)n2CCOC)ccc1C. The lowest BCUT2D eigenvalue weighted by molar-refractivity contribution is -0.113. The topological polar surface area (TPSA) is 111 Å². The molecule has 0 aliphatic heterocycles. The van der Waals surface area contributed by atoms with Crippen molar-refractivity contribution in [3.05, 3.63) is 58.4 Å². The van der Waals surface area contributed by atoms with Gasteiger partial charge in [0, 0.05) is 25.9 Å². The molecule has 188 valence electrons. The number of ether oxygens (including phenoxy) is 1. The summed E-state index contributed by atoms with van der Waals surface area (Å²) in [5.41, 5.74) is 1.35. The van der Waals surface area contributed by atoms with Crippen LogP contribution in [0.25, 0.3) is 10.9 Å². The van der Waals surface area contributed by atoms with E-state index in [1.165, 1.54) is 14.9 Å². The molecule has 0 aliphatic rings. The van der Waals surface area contributed by atoms with Crippen molar-refractivity contribution in [1.82, 2.24) is 13.9 Å². The molecule has 11 heteroatoms. The molecule has 2 aromatic carbocycles. The lowest BCUT2D eigenvalue weighted by Gasteiger charge is -2.20. The van der Waals surface area contributed by atoms with Crippen molar-refractivity contribution in [2.24, 2.45) is 0 Å². The Morgan fingerprint density at radius 2 is 1.89 bits per heavy atom. The van der Waals surface area contributed by atoms with Crippen molar-refractivity contribution >= 4 is 44.3 Å². The number of aryl methyl sites for hydroxylation is 1. The minimum absolute atomic E-state index is 0.0102.